The zero-order valence-electron chi connectivity index (χ0n) is 7.55. The first kappa shape index (κ1) is 9.45. The van der Waals surface area contributed by atoms with Crippen molar-refractivity contribution in [2.24, 2.45) is 11.8 Å². The molecule has 0 aromatic rings. The summed E-state index contributed by atoms with van der Waals surface area (Å²) in [5.74, 6) is -1.64. The Morgan fingerprint density at radius 3 is 2.93 bits per heavy atom. The van der Waals surface area contributed by atoms with Crippen molar-refractivity contribution in [3.63, 3.8) is 0 Å². The van der Waals surface area contributed by atoms with Crippen LogP contribution in [0.1, 0.15) is 19.3 Å². The van der Waals surface area contributed by atoms with Crippen LogP contribution in [0.2, 0.25) is 0 Å². The number of carbonyl (C=O) groups is 2. The van der Waals surface area contributed by atoms with E-state index in [-0.39, 0.29) is 36.8 Å². The molecule has 5 heteroatoms. The number of esters is 1. The fraction of sp³-hybridized carbons (Fsp3) is 0.778. The van der Waals surface area contributed by atoms with E-state index >= 15 is 0 Å². The number of hydrogen-bond donors (Lipinski definition) is 2. The number of aliphatic hydroxyl groups excluding tert-OH is 1. The second-order valence-electron chi connectivity index (χ2n) is 3.96. The van der Waals surface area contributed by atoms with E-state index in [4.69, 9.17) is 9.84 Å². The Labute approximate surface area is 80.7 Å². The number of carbonyl (C=O) groups excluding carboxylic acids is 1. The van der Waals surface area contributed by atoms with Crippen LogP contribution in [-0.4, -0.2) is 34.4 Å². The molecular formula is C9H12O5. The molecular weight excluding hydrogens is 188 g/mol. The number of hydrogen-bond acceptors (Lipinski definition) is 4. The summed E-state index contributed by atoms with van der Waals surface area (Å²) in [6, 6.07) is 0. The first-order valence-electron chi connectivity index (χ1n) is 4.67. The fourth-order valence-corrected chi connectivity index (χ4v) is 2.47. The van der Waals surface area contributed by atoms with Crippen LogP contribution in [-0.2, 0) is 14.3 Å². The van der Waals surface area contributed by atoms with Gasteiger partial charge in [-0.15, -0.1) is 0 Å². The molecule has 1 saturated heterocycles. The molecule has 14 heavy (non-hydrogen) atoms. The predicted octanol–water partition coefficient (Wildman–Crippen LogP) is -0.226. The third kappa shape index (κ3) is 1.48. The van der Waals surface area contributed by atoms with E-state index in [1.54, 1.807) is 0 Å². The van der Waals surface area contributed by atoms with Gasteiger partial charge in [-0.2, -0.15) is 0 Å². The maximum atomic E-state index is 10.9. The summed E-state index contributed by atoms with van der Waals surface area (Å²) in [5.41, 5.74) is 0. The lowest BCUT2D eigenvalue weighted by Gasteiger charge is -2.16. The first-order valence-corrected chi connectivity index (χ1v) is 4.67. The molecule has 0 amide bonds. The van der Waals surface area contributed by atoms with Crippen LogP contribution in [0.3, 0.4) is 0 Å². The van der Waals surface area contributed by atoms with Crippen molar-refractivity contribution >= 4 is 11.9 Å². The van der Waals surface area contributed by atoms with Gasteiger partial charge >= 0.3 is 11.9 Å². The predicted molar refractivity (Wildman–Crippen MR) is 44.4 cm³/mol. The molecule has 2 N–H and O–H groups in total. The topological polar surface area (TPSA) is 83.8 Å². The van der Waals surface area contributed by atoms with Gasteiger partial charge in [-0.25, -0.2) is 0 Å². The lowest BCUT2D eigenvalue weighted by Crippen LogP contribution is -2.23. The largest absolute Gasteiger partial charge is 0.481 e. The SMILES string of the molecule is O=C(O)CC1C(O)C[C@@H]2OC(=O)C[C@H]12. The van der Waals surface area contributed by atoms with Gasteiger partial charge in [0.05, 0.1) is 18.9 Å². The Kier molecular flexibility index (Phi) is 2.19. The maximum Gasteiger partial charge on any atom is 0.306 e. The van der Waals surface area contributed by atoms with Crippen LogP contribution in [0, 0.1) is 11.8 Å². The molecule has 0 bridgehead atoms. The standard InChI is InChI=1S/C9H12O5/c10-6-3-7-5(2-9(13)14-7)4(6)1-8(11)12/h4-7,10H,1-3H2,(H,11,12)/t4?,5-,6?,7+/m1/s1. The molecule has 0 aromatic heterocycles. The van der Waals surface area contributed by atoms with Gasteiger partial charge in [-0.1, -0.05) is 0 Å². The normalized spacial score (nSPS) is 40.8. The molecule has 0 aromatic carbocycles. The van der Waals surface area contributed by atoms with Crippen LogP contribution in [0.4, 0.5) is 0 Å². The highest BCUT2D eigenvalue weighted by molar-refractivity contribution is 5.73. The molecule has 0 radical (unpaired) electrons. The smallest absolute Gasteiger partial charge is 0.306 e. The summed E-state index contributed by atoms with van der Waals surface area (Å²) in [6.45, 7) is 0. The number of rotatable bonds is 2. The van der Waals surface area contributed by atoms with Crippen molar-refractivity contribution in [3.05, 3.63) is 0 Å². The zero-order valence-corrected chi connectivity index (χ0v) is 7.55. The quantitative estimate of drug-likeness (QED) is 0.602. The lowest BCUT2D eigenvalue weighted by molar-refractivity contribution is -0.142. The minimum atomic E-state index is -0.936. The Morgan fingerprint density at radius 1 is 1.57 bits per heavy atom. The molecule has 1 saturated carbocycles. The van der Waals surface area contributed by atoms with Gasteiger partial charge in [-0.05, 0) is 0 Å². The number of carboxylic acid groups (broad SMARTS) is 1. The molecule has 2 unspecified atom stereocenters. The number of aliphatic carboxylic acids is 1. The third-order valence-corrected chi connectivity index (χ3v) is 3.09. The number of aliphatic hydroxyl groups is 1. The van der Waals surface area contributed by atoms with E-state index in [2.05, 4.69) is 0 Å². The van der Waals surface area contributed by atoms with Gasteiger partial charge in [0.15, 0.2) is 0 Å². The Bertz CT molecular complexity index is 274. The molecule has 2 fully saturated rings. The summed E-state index contributed by atoms with van der Waals surface area (Å²) in [6.07, 6.45) is -0.358. The molecule has 4 atom stereocenters. The molecule has 2 rings (SSSR count). The average molecular weight is 200 g/mol. The minimum absolute atomic E-state index is 0.0844. The average Bonchev–Trinajstić information content (AvgIpc) is 2.51. The van der Waals surface area contributed by atoms with Gasteiger partial charge in [0.2, 0.25) is 0 Å². The molecule has 1 heterocycles. The van der Waals surface area contributed by atoms with Gasteiger partial charge in [0.1, 0.15) is 6.10 Å². The molecule has 1 aliphatic carbocycles. The Balaban J connectivity index is 2.08. The fourth-order valence-electron chi connectivity index (χ4n) is 2.47. The summed E-state index contributed by atoms with van der Waals surface area (Å²) in [4.78, 5) is 21.5. The van der Waals surface area contributed by atoms with Crippen molar-refractivity contribution in [2.45, 2.75) is 31.5 Å². The summed E-state index contributed by atoms with van der Waals surface area (Å²) in [7, 11) is 0. The summed E-state index contributed by atoms with van der Waals surface area (Å²) < 4.78 is 4.98. The number of carboxylic acids is 1. The highest BCUT2D eigenvalue weighted by Crippen LogP contribution is 2.42. The van der Waals surface area contributed by atoms with Crippen molar-refractivity contribution in [3.8, 4) is 0 Å². The van der Waals surface area contributed by atoms with Crippen LogP contribution < -0.4 is 0 Å². The van der Waals surface area contributed by atoms with Gasteiger partial charge < -0.3 is 14.9 Å². The maximum absolute atomic E-state index is 10.9. The monoisotopic (exact) mass is 200 g/mol. The highest BCUT2D eigenvalue weighted by atomic mass is 16.6. The van der Waals surface area contributed by atoms with Gasteiger partial charge in [0, 0.05) is 18.3 Å². The molecule has 5 nitrogen and oxygen atoms in total. The van der Waals surface area contributed by atoms with E-state index in [1.165, 1.54) is 0 Å². The molecule has 0 spiro atoms. The molecule has 78 valence electrons. The summed E-state index contributed by atoms with van der Waals surface area (Å²) in [5, 5.41) is 18.2. The second-order valence-corrected chi connectivity index (χ2v) is 3.96. The third-order valence-electron chi connectivity index (χ3n) is 3.09. The van der Waals surface area contributed by atoms with E-state index in [9.17, 15) is 14.7 Å². The van der Waals surface area contributed by atoms with Crippen LogP contribution in [0.5, 0.6) is 0 Å². The zero-order chi connectivity index (χ0) is 10.3. The van der Waals surface area contributed by atoms with Gasteiger partial charge in [-0.3, -0.25) is 9.59 Å². The van der Waals surface area contributed by atoms with Crippen molar-refractivity contribution in [2.75, 3.05) is 0 Å². The van der Waals surface area contributed by atoms with Crippen LogP contribution >= 0.6 is 0 Å². The Morgan fingerprint density at radius 2 is 2.29 bits per heavy atom. The summed E-state index contributed by atoms with van der Waals surface area (Å²) >= 11 is 0. The van der Waals surface area contributed by atoms with Crippen molar-refractivity contribution < 1.29 is 24.5 Å². The molecule has 2 aliphatic rings. The van der Waals surface area contributed by atoms with E-state index in [0.717, 1.165) is 0 Å². The lowest BCUT2D eigenvalue weighted by atomic mass is 9.89. The molecule has 1 aliphatic heterocycles. The Hall–Kier alpha value is -1.10. The minimum Gasteiger partial charge on any atom is -0.481 e. The van der Waals surface area contributed by atoms with Gasteiger partial charge in [0.25, 0.3) is 0 Å². The van der Waals surface area contributed by atoms with E-state index in [0.29, 0.717) is 6.42 Å². The van der Waals surface area contributed by atoms with E-state index in [1.807, 2.05) is 0 Å². The van der Waals surface area contributed by atoms with Crippen LogP contribution in [0.25, 0.3) is 0 Å². The van der Waals surface area contributed by atoms with Crippen LogP contribution in [0.15, 0.2) is 0 Å². The number of fused-ring (bicyclic) bond motifs is 1. The first-order chi connectivity index (χ1) is 6.58. The van der Waals surface area contributed by atoms with E-state index < -0.39 is 12.1 Å². The van der Waals surface area contributed by atoms with Crippen molar-refractivity contribution in [1.82, 2.24) is 0 Å². The van der Waals surface area contributed by atoms with Crippen molar-refractivity contribution in [1.29, 1.82) is 0 Å². The number of ether oxygens (including phenoxy) is 1. The highest BCUT2D eigenvalue weighted by Gasteiger charge is 2.49. The second kappa shape index (κ2) is 3.24.